The second kappa shape index (κ2) is 9.36. The van der Waals surface area contributed by atoms with Gasteiger partial charge in [-0.1, -0.05) is 42.8 Å². The lowest BCUT2D eigenvalue weighted by Crippen LogP contribution is -2.22. The highest BCUT2D eigenvalue weighted by Gasteiger charge is 2.18. The van der Waals surface area contributed by atoms with E-state index in [-0.39, 0.29) is 11.5 Å². The van der Waals surface area contributed by atoms with Gasteiger partial charge in [-0.25, -0.2) is 9.97 Å². The quantitative estimate of drug-likeness (QED) is 0.426. The minimum atomic E-state index is -0.149. The molecule has 1 N–H and O–H groups in total. The molecule has 3 aromatic rings. The Balaban J connectivity index is 1.76. The number of hydrogen-bond acceptors (Lipinski definition) is 6. The molecule has 0 radical (unpaired) electrons. The molecule has 0 aliphatic rings. The van der Waals surface area contributed by atoms with Crippen LogP contribution in [0.3, 0.4) is 0 Å². The summed E-state index contributed by atoms with van der Waals surface area (Å²) in [7, 11) is 0. The molecule has 0 fully saturated rings. The molecule has 0 saturated carbocycles. The average molecular weight is 435 g/mol. The van der Waals surface area contributed by atoms with E-state index in [2.05, 4.69) is 15.0 Å². The Hall–Kier alpha value is -2.16. The summed E-state index contributed by atoms with van der Waals surface area (Å²) in [5.41, 5.74) is 2.12. The van der Waals surface area contributed by atoms with Crippen LogP contribution in [0.5, 0.6) is 0 Å². The van der Waals surface area contributed by atoms with Crippen molar-refractivity contribution in [1.29, 1.82) is 0 Å². The maximum atomic E-state index is 12.2. The van der Waals surface area contributed by atoms with Crippen LogP contribution >= 0.6 is 34.7 Å². The van der Waals surface area contributed by atoms with Gasteiger partial charge in [0.05, 0.1) is 11.4 Å². The first-order valence-corrected chi connectivity index (χ1v) is 10.9. The number of aromatic amines is 1. The van der Waals surface area contributed by atoms with E-state index in [0.717, 1.165) is 24.2 Å². The van der Waals surface area contributed by atoms with Gasteiger partial charge in [-0.15, -0.1) is 11.3 Å². The van der Waals surface area contributed by atoms with Gasteiger partial charge in [0.2, 0.25) is 5.91 Å². The van der Waals surface area contributed by atoms with Gasteiger partial charge in [0.15, 0.2) is 10.3 Å². The molecule has 2 heterocycles. The summed E-state index contributed by atoms with van der Waals surface area (Å²) < 4.78 is 0. The molecule has 1 aromatic carbocycles. The molecule has 9 heteroatoms. The molecule has 0 unspecified atom stereocenters. The Kier molecular flexibility index (Phi) is 6.88. The fourth-order valence-electron chi connectivity index (χ4n) is 2.59. The molecular formula is C19H19ClN4O2S2. The molecule has 0 aliphatic carbocycles. The van der Waals surface area contributed by atoms with Crippen molar-refractivity contribution in [2.24, 2.45) is 0 Å². The first-order chi connectivity index (χ1) is 13.5. The van der Waals surface area contributed by atoms with Crippen molar-refractivity contribution >= 4 is 51.4 Å². The Morgan fingerprint density at radius 3 is 2.82 bits per heavy atom. The average Bonchev–Trinajstić information content (AvgIpc) is 3.08. The second-order valence-corrected chi connectivity index (χ2v) is 8.27. The number of benzene rings is 1. The Morgan fingerprint density at radius 2 is 2.11 bits per heavy atom. The zero-order valence-electron chi connectivity index (χ0n) is 15.4. The van der Waals surface area contributed by atoms with Gasteiger partial charge < -0.3 is 4.98 Å². The zero-order chi connectivity index (χ0) is 20.1. The number of thiazole rings is 1. The van der Waals surface area contributed by atoms with E-state index in [1.165, 1.54) is 41.0 Å². The van der Waals surface area contributed by atoms with Crippen molar-refractivity contribution in [1.82, 2.24) is 15.0 Å². The first kappa shape index (κ1) is 20.6. The number of rotatable bonds is 7. The second-order valence-electron chi connectivity index (χ2n) is 6.04. The van der Waals surface area contributed by atoms with Gasteiger partial charge >= 0.3 is 0 Å². The predicted octanol–water partition coefficient (Wildman–Crippen LogP) is 4.81. The highest BCUT2D eigenvalue weighted by atomic mass is 35.5. The normalized spacial score (nSPS) is 10.8. The molecule has 28 heavy (non-hydrogen) atoms. The molecule has 2 aromatic heterocycles. The maximum absolute atomic E-state index is 12.2. The van der Waals surface area contributed by atoms with Gasteiger partial charge in [0.1, 0.15) is 0 Å². The number of anilines is 2. The minimum absolute atomic E-state index is 0.144. The van der Waals surface area contributed by atoms with Crippen molar-refractivity contribution in [3.63, 3.8) is 0 Å². The minimum Gasteiger partial charge on any atom is -0.301 e. The number of amides is 1. The molecule has 0 aliphatic heterocycles. The molecule has 0 bridgehead atoms. The van der Waals surface area contributed by atoms with Gasteiger partial charge in [0, 0.05) is 34.8 Å². The topological polar surface area (TPSA) is 79.0 Å². The van der Waals surface area contributed by atoms with Crippen LogP contribution in [-0.4, -0.2) is 20.9 Å². The molecule has 6 nitrogen and oxygen atoms in total. The van der Waals surface area contributed by atoms with Crippen LogP contribution in [0.15, 0.2) is 45.7 Å². The summed E-state index contributed by atoms with van der Waals surface area (Å²) in [5, 5.41) is 3.60. The van der Waals surface area contributed by atoms with Crippen molar-refractivity contribution in [3.8, 4) is 0 Å². The van der Waals surface area contributed by atoms with Crippen LogP contribution in [-0.2, 0) is 17.0 Å². The number of carbonyl (C=O) groups is 1. The van der Waals surface area contributed by atoms with Crippen molar-refractivity contribution in [2.45, 2.75) is 37.6 Å². The Bertz CT molecular complexity index is 1030. The molecule has 146 valence electrons. The number of carbonyl (C=O) groups excluding carboxylic acids is 1. The SMILES string of the molecule is CCCc1cc(=O)[nH]c(SCc2csc(N(C(C)=O)c3cccc(Cl)c3)n2)n1. The van der Waals surface area contributed by atoms with E-state index < -0.39 is 0 Å². The van der Waals surface area contributed by atoms with E-state index in [1.54, 1.807) is 18.2 Å². The van der Waals surface area contributed by atoms with Gasteiger partial charge in [-0.3, -0.25) is 14.5 Å². The monoisotopic (exact) mass is 434 g/mol. The van der Waals surface area contributed by atoms with E-state index in [4.69, 9.17) is 11.6 Å². The fourth-order valence-corrected chi connectivity index (χ4v) is 4.55. The van der Waals surface area contributed by atoms with Crippen LogP contribution in [0.4, 0.5) is 10.8 Å². The number of aryl methyl sites for hydroxylation is 1. The molecule has 0 spiro atoms. The Morgan fingerprint density at radius 1 is 1.29 bits per heavy atom. The summed E-state index contributed by atoms with van der Waals surface area (Å²) in [4.78, 5) is 37.3. The number of H-pyrrole nitrogens is 1. The molecular weight excluding hydrogens is 416 g/mol. The first-order valence-electron chi connectivity index (χ1n) is 8.70. The summed E-state index contributed by atoms with van der Waals surface area (Å²) in [6.45, 7) is 3.54. The van der Waals surface area contributed by atoms with Gasteiger partial charge in [-0.05, 0) is 24.6 Å². The number of aromatic nitrogens is 3. The lowest BCUT2D eigenvalue weighted by Gasteiger charge is -2.18. The summed E-state index contributed by atoms with van der Waals surface area (Å²) in [6.07, 6.45) is 1.70. The maximum Gasteiger partial charge on any atom is 0.251 e. The smallest absolute Gasteiger partial charge is 0.251 e. The van der Waals surface area contributed by atoms with E-state index in [0.29, 0.717) is 26.8 Å². The van der Waals surface area contributed by atoms with Crippen LogP contribution < -0.4 is 10.5 Å². The largest absolute Gasteiger partial charge is 0.301 e. The Labute approximate surface area is 176 Å². The third kappa shape index (κ3) is 5.21. The fraction of sp³-hybridized carbons (Fsp3) is 0.263. The number of halogens is 1. The lowest BCUT2D eigenvalue weighted by atomic mass is 10.2. The third-order valence-electron chi connectivity index (χ3n) is 3.75. The summed E-state index contributed by atoms with van der Waals surface area (Å²) in [5.74, 6) is 0.394. The van der Waals surface area contributed by atoms with Gasteiger partial charge in [-0.2, -0.15) is 0 Å². The van der Waals surface area contributed by atoms with Crippen molar-refractivity contribution in [2.75, 3.05) is 4.90 Å². The summed E-state index contributed by atoms with van der Waals surface area (Å²) in [6, 6.07) is 8.63. The van der Waals surface area contributed by atoms with Gasteiger partial charge in [0.25, 0.3) is 5.56 Å². The molecule has 1 amide bonds. The molecule has 0 saturated heterocycles. The van der Waals surface area contributed by atoms with E-state index in [9.17, 15) is 9.59 Å². The van der Waals surface area contributed by atoms with Crippen LogP contribution in [0.25, 0.3) is 0 Å². The lowest BCUT2D eigenvalue weighted by molar-refractivity contribution is -0.115. The van der Waals surface area contributed by atoms with E-state index in [1.807, 2.05) is 18.4 Å². The zero-order valence-corrected chi connectivity index (χ0v) is 17.8. The number of hydrogen-bond donors (Lipinski definition) is 1. The highest BCUT2D eigenvalue weighted by Crippen LogP contribution is 2.31. The summed E-state index contributed by atoms with van der Waals surface area (Å²) >= 11 is 8.85. The van der Waals surface area contributed by atoms with Crippen molar-refractivity contribution < 1.29 is 4.79 Å². The molecule has 0 atom stereocenters. The standard InChI is InChI=1S/C19H19ClN4O2S2/c1-3-5-14-9-17(26)23-18(21-14)27-10-15-11-28-19(22-15)24(12(2)25)16-7-4-6-13(20)8-16/h4,6-9,11H,3,5,10H2,1-2H3,(H,21,23,26). The van der Waals surface area contributed by atoms with Crippen molar-refractivity contribution in [3.05, 3.63) is 62.5 Å². The van der Waals surface area contributed by atoms with Crippen LogP contribution in [0.1, 0.15) is 31.7 Å². The van der Waals surface area contributed by atoms with E-state index >= 15 is 0 Å². The van der Waals surface area contributed by atoms with Crippen LogP contribution in [0.2, 0.25) is 5.02 Å². The number of thioether (sulfide) groups is 1. The predicted molar refractivity (Wildman–Crippen MR) is 115 cm³/mol. The number of nitrogens with one attached hydrogen (secondary N) is 1. The molecule has 3 rings (SSSR count). The van der Waals surface area contributed by atoms with Crippen LogP contribution in [0, 0.1) is 0 Å². The number of nitrogens with zero attached hydrogens (tertiary/aromatic N) is 3. The third-order valence-corrected chi connectivity index (χ3v) is 5.76. The highest BCUT2D eigenvalue weighted by molar-refractivity contribution is 7.98.